The van der Waals surface area contributed by atoms with Crippen molar-refractivity contribution in [3.8, 4) is 0 Å². The molecule has 0 spiro atoms. The number of hydrogen-bond donors (Lipinski definition) is 9. The second-order valence-corrected chi connectivity index (χ2v) is 27.5. The smallest absolute Gasteiger partial charge is 0.220 e. The molecular weight excluding hydrogens is 1150 g/mol. The summed E-state index contributed by atoms with van der Waals surface area (Å²) in [4.78, 5) is 13.4. The van der Waals surface area contributed by atoms with Crippen LogP contribution in [0.3, 0.4) is 0 Å². The molecule has 2 aliphatic rings. The Bertz CT molecular complexity index is 1670. The van der Waals surface area contributed by atoms with Crippen LogP contribution in [-0.2, 0) is 23.7 Å². The van der Waals surface area contributed by atoms with Crippen LogP contribution in [0.2, 0.25) is 0 Å². The third-order valence-electron chi connectivity index (χ3n) is 19.1. The summed E-state index contributed by atoms with van der Waals surface area (Å²) < 4.78 is 22.9. The summed E-state index contributed by atoms with van der Waals surface area (Å²) in [6, 6.07) is -0.937. The summed E-state index contributed by atoms with van der Waals surface area (Å²) >= 11 is 0. The van der Waals surface area contributed by atoms with Crippen LogP contribution >= 0.6 is 0 Å². The largest absolute Gasteiger partial charge is 0.394 e. The van der Waals surface area contributed by atoms with Crippen LogP contribution in [-0.4, -0.2) is 140 Å². The highest BCUT2D eigenvalue weighted by molar-refractivity contribution is 5.76. The number of carbonyl (C=O) groups excluding carboxylic acids is 1. The van der Waals surface area contributed by atoms with Gasteiger partial charge in [-0.25, -0.2) is 0 Å². The van der Waals surface area contributed by atoms with Gasteiger partial charge in [-0.2, -0.15) is 0 Å². The monoisotopic (exact) mass is 1290 g/mol. The molecular formula is C77H145NO13. The van der Waals surface area contributed by atoms with Gasteiger partial charge in [0.25, 0.3) is 0 Å². The molecule has 0 saturated carbocycles. The molecule has 0 aromatic heterocycles. The molecule has 2 saturated heterocycles. The predicted octanol–water partition coefficient (Wildman–Crippen LogP) is 16.9. The van der Waals surface area contributed by atoms with Gasteiger partial charge in [0.2, 0.25) is 5.91 Å². The van der Waals surface area contributed by atoms with Crippen molar-refractivity contribution in [3.05, 3.63) is 36.5 Å². The van der Waals surface area contributed by atoms with Crippen molar-refractivity contribution < 1.29 is 64.6 Å². The number of hydrogen-bond acceptors (Lipinski definition) is 13. The van der Waals surface area contributed by atoms with Crippen LogP contribution in [0.5, 0.6) is 0 Å². The number of rotatable bonds is 65. The summed E-state index contributed by atoms with van der Waals surface area (Å²) in [6.07, 6.45) is 63.8. The molecule has 14 heteroatoms. The highest BCUT2D eigenvalue weighted by atomic mass is 16.7. The van der Waals surface area contributed by atoms with Crippen molar-refractivity contribution in [3.63, 3.8) is 0 Å². The fourth-order valence-electron chi connectivity index (χ4n) is 12.9. The number of nitrogens with one attached hydrogen (secondary N) is 1. The second-order valence-electron chi connectivity index (χ2n) is 27.5. The molecule has 0 aromatic carbocycles. The van der Waals surface area contributed by atoms with E-state index in [-0.39, 0.29) is 18.9 Å². The normalized spacial score (nSPS) is 22.9. The zero-order valence-corrected chi connectivity index (χ0v) is 58.6. The molecule has 2 heterocycles. The molecule has 2 rings (SSSR count). The van der Waals surface area contributed by atoms with E-state index in [9.17, 15) is 45.6 Å². The summed E-state index contributed by atoms with van der Waals surface area (Å²) in [5.41, 5.74) is 0. The Kier molecular flexibility index (Phi) is 57.9. The zero-order chi connectivity index (χ0) is 65.9. The van der Waals surface area contributed by atoms with E-state index in [0.29, 0.717) is 12.8 Å². The van der Waals surface area contributed by atoms with Gasteiger partial charge in [0.05, 0.1) is 32.0 Å². The molecule has 0 aromatic rings. The van der Waals surface area contributed by atoms with E-state index < -0.39 is 86.8 Å². The lowest BCUT2D eigenvalue weighted by Crippen LogP contribution is -2.65. The first-order valence-corrected chi connectivity index (χ1v) is 38.7. The van der Waals surface area contributed by atoms with Gasteiger partial charge in [0.15, 0.2) is 12.6 Å². The van der Waals surface area contributed by atoms with Crippen molar-refractivity contribution in [2.24, 2.45) is 0 Å². The summed E-state index contributed by atoms with van der Waals surface area (Å²) in [6.45, 7) is 2.83. The van der Waals surface area contributed by atoms with Crippen LogP contribution in [0.4, 0.5) is 0 Å². The Morgan fingerprint density at radius 1 is 0.385 bits per heavy atom. The molecule has 12 unspecified atom stereocenters. The number of aliphatic hydroxyl groups is 8. The standard InChI is InChI=1S/C77H145NO13/c1-3-5-7-9-11-13-15-17-19-21-23-25-27-28-29-30-31-32-33-34-35-36-37-38-39-41-43-45-47-49-51-53-55-57-59-61-69(82)78-65(64-88-76-74(87)72(85)75(68(63-80)90-76)91-77-73(86)71(84)70(83)67(62-79)89-77)66(81)60-58-56-54-52-50-48-46-44-42-40-26-24-22-20-18-16-14-12-10-8-6-4-2/h42,44,50,52,58,60,65-68,70-77,79-81,83-87H,3-41,43,45-49,51,53-57,59,61-64H2,1-2H3,(H,78,82)/b44-42+,52-50+,60-58+. The first-order valence-electron chi connectivity index (χ1n) is 38.7. The Balaban J connectivity index is 1.62. The van der Waals surface area contributed by atoms with E-state index in [1.54, 1.807) is 6.08 Å². The fourth-order valence-corrected chi connectivity index (χ4v) is 12.9. The van der Waals surface area contributed by atoms with Crippen LogP contribution in [0.15, 0.2) is 36.5 Å². The number of amides is 1. The molecule has 2 fully saturated rings. The highest BCUT2D eigenvalue weighted by Crippen LogP contribution is 2.30. The minimum Gasteiger partial charge on any atom is -0.394 e. The van der Waals surface area contributed by atoms with Crippen molar-refractivity contribution in [1.29, 1.82) is 0 Å². The average molecular weight is 1290 g/mol. The first-order chi connectivity index (χ1) is 44.6. The van der Waals surface area contributed by atoms with Gasteiger partial charge in [-0.05, 0) is 44.9 Å². The third kappa shape index (κ3) is 45.4. The lowest BCUT2D eigenvalue weighted by Gasteiger charge is -2.46. The van der Waals surface area contributed by atoms with Gasteiger partial charge >= 0.3 is 0 Å². The zero-order valence-electron chi connectivity index (χ0n) is 58.6. The second kappa shape index (κ2) is 61.8. The van der Waals surface area contributed by atoms with E-state index in [0.717, 1.165) is 44.9 Å². The van der Waals surface area contributed by atoms with Gasteiger partial charge in [-0.15, -0.1) is 0 Å². The van der Waals surface area contributed by atoms with E-state index in [4.69, 9.17) is 18.9 Å². The molecule has 91 heavy (non-hydrogen) atoms. The molecule has 0 aliphatic carbocycles. The molecule has 12 atom stereocenters. The van der Waals surface area contributed by atoms with Crippen molar-refractivity contribution in [2.45, 2.75) is 428 Å². The quantitative estimate of drug-likeness (QED) is 0.0204. The predicted molar refractivity (Wildman–Crippen MR) is 374 cm³/mol. The lowest BCUT2D eigenvalue weighted by molar-refractivity contribution is -0.359. The molecule has 536 valence electrons. The van der Waals surface area contributed by atoms with E-state index in [1.807, 2.05) is 6.08 Å². The van der Waals surface area contributed by atoms with Gasteiger partial charge < -0.3 is 65.1 Å². The molecule has 2 aliphatic heterocycles. The number of carbonyl (C=O) groups is 1. The Morgan fingerprint density at radius 2 is 0.703 bits per heavy atom. The summed E-state index contributed by atoms with van der Waals surface area (Å²) in [5, 5.41) is 87.5. The lowest BCUT2D eigenvalue weighted by atomic mass is 9.97. The SMILES string of the molecule is CCCCCCCCCCCCCC/C=C/CC/C=C/CC/C=C/C(O)C(COC1OC(CO)C(OC2OC(CO)C(O)C(O)C2O)C(O)C1O)NC(=O)CCCCCCCCCCCCCCCCCCCCCCCCCCCCCCCCCCCCC. The number of unbranched alkanes of at least 4 members (excludes halogenated alkanes) is 48. The molecule has 0 radical (unpaired) electrons. The van der Waals surface area contributed by atoms with Crippen molar-refractivity contribution in [2.75, 3.05) is 19.8 Å². The van der Waals surface area contributed by atoms with Crippen LogP contribution < -0.4 is 5.32 Å². The van der Waals surface area contributed by atoms with Crippen LogP contribution in [0, 0.1) is 0 Å². The topological polar surface area (TPSA) is 228 Å². The van der Waals surface area contributed by atoms with Gasteiger partial charge in [-0.1, -0.05) is 339 Å². The average Bonchev–Trinajstić information content (AvgIpc) is 1.08. The minimum atomic E-state index is -1.79. The molecule has 0 bridgehead atoms. The van der Waals surface area contributed by atoms with Crippen molar-refractivity contribution in [1.82, 2.24) is 5.32 Å². The first kappa shape index (κ1) is 85.3. The third-order valence-corrected chi connectivity index (χ3v) is 19.1. The number of allylic oxidation sites excluding steroid dienone is 5. The van der Waals surface area contributed by atoms with Crippen LogP contribution in [0.25, 0.3) is 0 Å². The Hall–Kier alpha value is -1.79. The molecule has 14 nitrogen and oxygen atoms in total. The van der Waals surface area contributed by atoms with Gasteiger partial charge in [0, 0.05) is 6.42 Å². The van der Waals surface area contributed by atoms with E-state index >= 15 is 0 Å². The summed E-state index contributed by atoms with van der Waals surface area (Å²) in [5.74, 6) is -0.246. The fraction of sp³-hybridized carbons (Fsp3) is 0.909. The maximum Gasteiger partial charge on any atom is 0.220 e. The number of ether oxygens (including phenoxy) is 4. The van der Waals surface area contributed by atoms with E-state index in [2.05, 4.69) is 43.5 Å². The van der Waals surface area contributed by atoms with Gasteiger partial charge in [-0.3, -0.25) is 4.79 Å². The van der Waals surface area contributed by atoms with Gasteiger partial charge in [0.1, 0.15) is 48.8 Å². The highest BCUT2D eigenvalue weighted by Gasteiger charge is 2.51. The minimum absolute atomic E-state index is 0.246. The van der Waals surface area contributed by atoms with E-state index in [1.165, 1.54) is 276 Å². The van der Waals surface area contributed by atoms with Crippen molar-refractivity contribution >= 4 is 5.91 Å². The molecule has 9 N–H and O–H groups in total. The number of aliphatic hydroxyl groups excluding tert-OH is 8. The van der Waals surface area contributed by atoms with Crippen LogP contribution in [0.1, 0.15) is 354 Å². The Labute approximate surface area is 557 Å². The maximum absolute atomic E-state index is 13.4. The Morgan fingerprint density at radius 3 is 1.08 bits per heavy atom. The summed E-state index contributed by atoms with van der Waals surface area (Å²) in [7, 11) is 0. The maximum atomic E-state index is 13.4. The molecule has 1 amide bonds.